The van der Waals surface area contributed by atoms with Crippen LogP contribution in [0.2, 0.25) is 0 Å². The Labute approximate surface area is 102 Å². The molecular weight excluding hydrogens is 210 g/mol. The number of rotatable bonds is 2. The van der Waals surface area contributed by atoms with Gasteiger partial charge in [0, 0.05) is 19.0 Å². The molecule has 3 heteroatoms. The second-order valence-electron chi connectivity index (χ2n) is 4.84. The van der Waals surface area contributed by atoms with Gasteiger partial charge in [0.15, 0.2) is 0 Å². The monoisotopic (exact) mass is 229 g/mol. The summed E-state index contributed by atoms with van der Waals surface area (Å²) in [6, 6.07) is 7.06. The molecular formula is C14H19N3. The smallest absolute Gasteiger partial charge is 0.109 e. The summed E-state index contributed by atoms with van der Waals surface area (Å²) in [4.78, 5) is 4.81. The lowest BCUT2D eigenvalue weighted by Gasteiger charge is -2.15. The second kappa shape index (κ2) is 4.15. The van der Waals surface area contributed by atoms with E-state index in [1.54, 1.807) is 0 Å². The molecule has 0 saturated carbocycles. The van der Waals surface area contributed by atoms with Gasteiger partial charge in [-0.1, -0.05) is 19.1 Å². The van der Waals surface area contributed by atoms with Gasteiger partial charge in [0.25, 0.3) is 0 Å². The molecule has 1 aromatic carbocycles. The van der Waals surface area contributed by atoms with Gasteiger partial charge < -0.3 is 9.88 Å². The van der Waals surface area contributed by atoms with E-state index in [1.807, 2.05) is 0 Å². The fourth-order valence-electron chi connectivity index (χ4n) is 2.82. The maximum Gasteiger partial charge on any atom is 0.109 e. The van der Waals surface area contributed by atoms with Crippen LogP contribution in [0, 0.1) is 6.92 Å². The van der Waals surface area contributed by atoms with Crippen molar-refractivity contribution in [2.24, 2.45) is 0 Å². The van der Waals surface area contributed by atoms with E-state index < -0.39 is 0 Å². The van der Waals surface area contributed by atoms with Gasteiger partial charge >= 0.3 is 0 Å². The van der Waals surface area contributed by atoms with Crippen LogP contribution in [0.4, 0.5) is 0 Å². The zero-order chi connectivity index (χ0) is 11.8. The minimum Gasteiger partial charge on any atom is -0.324 e. The summed E-state index contributed by atoms with van der Waals surface area (Å²) < 4.78 is 2.45. The number of benzene rings is 1. The number of nitrogens with zero attached hydrogens (tertiary/aromatic N) is 2. The molecule has 1 aliphatic heterocycles. The average molecular weight is 229 g/mol. The van der Waals surface area contributed by atoms with E-state index >= 15 is 0 Å². The Bertz CT molecular complexity index is 536. The highest BCUT2D eigenvalue weighted by atomic mass is 15.1. The predicted octanol–water partition coefficient (Wildman–Crippen LogP) is 2.44. The van der Waals surface area contributed by atoms with Crippen molar-refractivity contribution < 1.29 is 0 Å². The number of aryl methyl sites for hydroxylation is 2. The summed E-state index contributed by atoms with van der Waals surface area (Å²) in [5, 5.41) is 3.44. The van der Waals surface area contributed by atoms with Gasteiger partial charge in [0.05, 0.1) is 11.0 Å². The zero-order valence-electron chi connectivity index (χ0n) is 10.5. The number of hydrogen-bond acceptors (Lipinski definition) is 2. The van der Waals surface area contributed by atoms with Crippen LogP contribution in [0.15, 0.2) is 18.2 Å². The van der Waals surface area contributed by atoms with Crippen LogP contribution in [-0.2, 0) is 6.42 Å². The standard InChI is InChI=1S/C14H19N3/c1-3-13-16-14-10(2)5-4-6-12(14)17(13)11-7-8-15-9-11/h4-6,11,15H,3,7-9H2,1-2H3. The zero-order valence-corrected chi connectivity index (χ0v) is 10.5. The molecule has 1 saturated heterocycles. The Kier molecular flexibility index (Phi) is 2.63. The topological polar surface area (TPSA) is 29.9 Å². The molecule has 0 radical (unpaired) electrons. The van der Waals surface area contributed by atoms with E-state index in [2.05, 4.69) is 41.9 Å². The molecule has 1 aliphatic rings. The molecule has 1 aromatic heterocycles. The third-order valence-electron chi connectivity index (χ3n) is 3.71. The number of nitrogens with one attached hydrogen (secondary N) is 1. The van der Waals surface area contributed by atoms with Gasteiger partial charge in [-0.2, -0.15) is 0 Å². The van der Waals surface area contributed by atoms with Gasteiger partial charge in [0.1, 0.15) is 5.82 Å². The van der Waals surface area contributed by atoms with Crippen LogP contribution in [0.1, 0.15) is 30.8 Å². The van der Waals surface area contributed by atoms with Crippen molar-refractivity contribution in [2.75, 3.05) is 13.1 Å². The minimum atomic E-state index is 0.580. The van der Waals surface area contributed by atoms with Gasteiger partial charge in [-0.05, 0) is 31.5 Å². The number of fused-ring (bicyclic) bond motifs is 1. The third-order valence-corrected chi connectivity index (χ3v) is 3.71. The van der Waals surface area contributed by atoms with Crippen LogP contribution in [0.3, 0.4) is 0 Å². The number of aromatic nitrogens is 2. The number of imidazole rings is 1. The highest BCUT2D eigenvalue weighted by Crippen LogP contribution is 2.26. The summed E-state index contributed by atoms with van der Waals surface area (Å²) in [5.74, 6) is 1.23. The fraction of sp³-hybridized carbons (Fsp3) is 0.500. The molecule has 1 fully saturated rings. The van der Waals surface area contributed by atoms with E-state index in [0.29, 0.717) is 6.04 Å². The third kappa shape index (κ3) is 1.65. The first-order valence-corrected chi connectivity index (χ1v) is 6.48. The minimum absolute atomic E-state index is 0.580. The van der Waals surface area contributed by atoms with Crippen molar-refractivity contribution in [3.8, 4) is 0 Å². The Morgan fingerprint density at radius 3 is 3.06 bits per heavy atom. The summed E-state index contributed by atoms with van der Waals surface area (Å²) in [5.41, 5.74) is 3.76. The van der Waals surface area contributed by atoms with Crippen molar-refractivity contribution in [3.63, 3.8) is 0 Å². The Morgan fingerprint density at radius 2 is 2.35 bits per heavy atom. The highest BCUT2D eigenvalue weighted by molar-refractivity contribution is 5.79. The molecule has 3 nitrogen and oxygen atoms in total. The van der Waals surface area contributed by atoms with E-state index in [-0.39, 0.29) is 0 Å². The van der Waals surface area contributed by atoms with E-state index in [0.717, 1.165) is 19.5 Å². The van der Waals surface area contributed by atoms with Crippen LogP contribution < -0.4 is 5.32 Å². The second-order valence-corrected chi connectivity index (χ2v) is 4.84. The molecule has 1 N–H and O–H groups in total. The first kappa shape index (κ1) is 10.8. The average Bonchev–Trinajstić information content (AvgIpc) is 2.94. The highest BCUT2D eigenvalue weighted by Gasteiger charge is 2.21. The molecule has 1 unspecified atom stereocenters. The molecule has 0 amide bonds. The molecule has 1 atom stereocenters. The first-order chi connectivity index (χ1) is 8.31. The Morgan fingerprint density at radius 1 is 1.47 bits per heavy atom. The molecule has 0 aliphatic carbocycles. The van der Waals surface area contributed by atoms with Crippen molar-refractivity contribution in [2.45, 2.75) is 32.7 Å². The largest absolute Gasteiger partial charge is 0.324 e. The van der Waals surface area contributed by atoms with Crippen molar-refractivity contribution in [1.82, 2.24) is 14.9 Å². The summed E-state index contributed by atoms with van der Waals surface area (Å²) >= 11 is 0. The molecule has 90 valence electrons. The maximum absolute atomic E-state index is 4.81. The molecule has 2 aromatic rings. The quantitative estimate of drug-likeness (QED) is 0.857. The van der Waals surface area contributed by atoms with Crippen LogP contribution >= 0.6 is 0 Å². The SMILES string of the molecule is CCc1nc2c(C)cccc2n1C1CCNC1. The van der Waals surface area contributed by atoms with Crippen LogP contribution in [0.25, 0.3) is 11.0 Å². The lowest BCUT2D eigenvalue weighted by Crippen LogP contribution is -2.15. The number of hydrogen-bond donors (Lipinski definition) is 1. The lowest BCUT2D eigenvalue weighted by atomic mass is 10.2. The molecule has 0 spiro atoms. The fourth-order valence-corrected chi connectivity index (χ4v) is 2.82. The molecule has 17 heavy (non-hydrogen) atoms. The van der Waals surface area contributed by atoms with Gasteiger partial charge in [-0.15, -0.1) is 0 Å². The normalized spacial score (nSPS) is 20.2. The first-order valence-electron chi connectivity index (χ1n) is 6.48. The predicted molar refractivity (Wildman–Crippen MR) is 70.4 cm³/mol. The van der Waals surface area contributed by atoms with Crippen LogP contribution in [0.5, 0.6) is 0 Å². The van der Waals surface area contributed by atoms with Crippen molar-refractivity contribution >= 4 is 11.0 Å². The van der Waals surface area contributed by atoms with E-state index in [9.17, 15) is 0 Å². The summed E-state index contributed by atoms with van der Waals surface area (Å²) in [6.45, 7) is 6.53. The number of para-hydroxylation sites is 1. The maximum atomic E-state index is 4.81. The van der Waals surface area contributed by atoms with Crippen LogP contribution in [-0.4, -0.2) is 22.6 Å². The summed E-state index contributed by atoms with van der Waals surface area (Å²) in [7, 11) is 0. The Hall–Kier alpha value is -1.35. The van der Waals surface area contributed by atoms with E-state index in [4.69, 9.17) is 4.98 Å². The van der Waals surface area contributed by atoms with Crippen molar-refractivity contribution in [3.05, 3.63) is 29.6 Å². The van der Waals surface area contributed by atoms with Gasteiger partial charge in [0.2, 0.25) is 0 Å². The molecule has 3 rings (SSSR count). The van der Waals surface area contributed by atoms with Crippen molar-refractivity contribution in [1.29, 1.82) is 0 Å². The molecule has 0 bridgehead atoms. The molecule has 2 heterocycles. The van der Waals surface area contributed by atoms with E-state index in [1.165, 1.54) is 28.8 Å². The Balaban J connectivity index is 2.22. The van der Waals surface area contributed by atoms with Gasteiger partial charge in [-0.25, -0.2) is 4.98 Å². The lowest BCUT2D eigenvalue weighted by molar-refractivity contribution is 0.539. The summed E-state index contributed by atoms with van der Waals surface area (Å²) in [6.07, 6.45) is 2.22. The van der Waals surface area contributed by atoms with Gasteiger partial charge in [-0.3, -0.25) is 0 Å².